The third-order valence-corrected chi connectivity index (χ3v) is 5.44. The van der Waals surface area contributed by atoms with Crippen molar-refractivity contribution < 1.29 is 42.7 Å². The zero-order valence-corrected chi connectivity index (χ0v) is 21.1. The fraction of sp³-hybridized carbons (Fsp3) is 0.0370. The number of aromatic hydroxyl groups is 1. The molecule has 0 amide bonds. The standard InChI is InChI=1S/C27H21F2N5O7/c1-38-19-11-14(27(36)37)6-8-17(19)40-22-20(28)25(39-15-4-2-3-12(9-15)23(30)31)34-26(21(22)29)41-18-10-13(24(32)33)5-7-16(18)35/h2-11,35H,1H3,(H3,30,31)(H3,32,33)(H,36,37). The Morgan fingerprint density at radius 1 is 0.805 bits per heavy atom. The van der Waals surface area contributed by atoms with Gasteiger partial charge in [0.05, 0.1) is 12.7 Å². The fourth-order valence-corrected chi connectivity index (χ4v) is 3.41. The van der Waals surface area contributed by atoms with Gasteiger partial charge in [0, 0.05) is 11.1 Å². The van der Waals surface area contributed by atoms with Gasteiger partial charge in [0.2, 0.25) is 17.4 Å². The molecule has 0 spiro atoms. The summed E-state index contributed by atoms with van der Waals surface area (Å²) in [6.45, 7) is 0. The molecule has 1 heterocycles. The van der Waals surface area contributed by atoms with Gasteiger partial charge in [-0.1, -0.05) is 12.1 Å². The van der Waals surface area contributed by atoms with E-state index in [0.29, 0.717) is 0 Å². The van der Waals surface area contributed by atoms with Crippen molar-refractivity contribution in [2.24, 2.45) is 11.5 Å². The van der Waals surface area contributed by atoms with Gasteiger partial charge in [0.1, 0.15) is 17.4 Å². The van der Waals surface area contributed by atoms with Gasteiger partial charge in [0.15, 0.2) is 23.0 Å². The van der Waals surface area contributed by atoms with E-state index >= 15 is 8.78 Å². The lowest BCUT2D eigenvalue weighted by Gasteiger charge is -2.16. The highest BCUT2D eigenvalue weighted by Crippen LogP contribution is 2.42. The Bertz CT molecular complexity index is 1700. The number of phenols is 1. The predicted molar refractivity (Wildman–Crippen MR) is 141 cm³/mol. The van der Waals surface area contributed by atoms with Crippen LogP contribution in [0.2, 0.25) is 0 Å². The van der Waals surface area contributed by atoms with E-state index in [4.69, 9.17) is 41.2 Å². The number of aromatic nitrogens is 1. The van der Waals surface area contributed by atoms with Crippen LogP contribution in [0.1, 0.15) is 21.5 Å². The molecule has 4 rings (SSSR count). The van der Waals surface area contributed by atoms with E-state index in [1.807, 2.05) is 0 Å². The summed E-state index contributed by atoms with van der Waals surface area (Å²) in [6.07, 6.45) is 0. The molecule has 0 fully saturated rings. The molecule has 0 saturated carbocycles. The van der Waals surface area contributed by atoms with Crippen molar-refractivity contribution in [1.29, 1.82) is 10.8 Å². The number of carboxylic acids is 1. The summed E-state index contributed by atoms with van der Waals surface area (Å²) in [5.41, 5.74) is 11.2. The number of ether oxygens (including phenoxy) is 4. The molecule has 0 aliphatic rings. The number of pyridine rings is 1. The van der Waals surface area contributed by atoms with Crippen molar-refractivity contribution in [3.8, 4) is 46.3 Å². The minimum absolute atomic E-state index is 0.0302. The molecular formula is C27H21F2N5O7. The van der Waals surface area contributed by atoms with Gasteiger partial charge in [-0.3, -0.25) is 10.8 Å². The first-order valence-electron chi connectivity index (χ1n) is 11.4. The van der Waals surface area contributed by atoms with Gasteiger partial charge >= 0.3 is 5.97 Å². The Morgan fingerprint density at radius 2 is 1.41 bits per heavy atom. The number of carboxylic acid groups (broad SMARTS) is 1. The largest absolute Gasteiger partial charge is 0.504 e. The zero-order valence-electron chi connectivity index (χ0n) is 21.1. The second-order valence-electron chi connectivity index (χ2n) is 8.19. The van der Waals surface area contributed by atoms with Crippen LogP contribution in [0.15, 0.2) is 60.7 Å². The molecule has 14 heteroatoms. The minimum atomic E-state index is -1.47. The van der Waals surface area contributed by atoms with Gasteiger partial charge in [-0.2, -0.15) is 13.8 Å². The molecule has 210 valence electrons. The van der Waals surface area contributed by atoms with Crippen molar-refractivity contribution in [2.45, 2.75) is 0 Å². The van der Waals surface area contributed by atoms with Gasteiger partial charge in [-0.25, -0.2) is 4.79 Å². The second-order valence-corrected chi connectivity index (χ2v) is 8.19. The molecule has 0 saturated heterocycles. The van der Waals surface area contributed by atoms with Crippen molar-refractivity contribution in [2.75, 3.05) is 7.11 Å². The maximum atomic E-state index is 15.7. The normalized spacial score (nSPS) is 10.5. The smallest absolute Gasteiger partial charge is 0.335 e. The number of halogens is 2. The lowest BCUT2D eigenvalue weighted by atomic mass is 10.2. The lowest BCUT2D eigenvalue weighted by Crippen LogP contribution is -2.11. The van der Waals surface area contributed by atoms with Gasteiger partial charge in [-0.05, 0) is 48.5 Å². The number of aromatic carboxylic acids is 1. The first-order valence-corrected chi connectivity index (χ1v) is 11.4. The monoisotopic (exact) mass is 565 g/mol. The van der Waals surface area contributed by atoms with E-state index in [-0.39, 0.29) is 51.4 Å². The first kappa shape index (κ1) is 28.1. The molecule has 0 radical (unpaired) electrons. The van der Waals surface area contributed by atoms with Crippen LogP contribution in [-0.4, -0.2) is 39.9 Å². The van der Waals surface area contributed by atoms with E-state index in [1.165, 1.54) is 37.4 Å². The van der Waals surface area contributed by atoms with Crippen LogP contribution in [0.5, 0.6) is 46.3 Å². The molecule has 0 aliphatic carbocycles. The number of hydrogen-bond acceptors (Lipinski definition) is 9. The number of hydrogen-bond donors (Lipinski definition) is 6. The van der Waals surface area contributed by atoms with E-state index in [9.17, 15) is 15.0 Å². The Morgan fingerprint density at radius 3 is 2.05 bits per heavy atom. The molecule has 4 aromatic rings. The number of nitrogens with zero attached hydrogens (tertiary/aromatic N) is 1. The van der Waals surface area contributed by atoms with Crippen LogP contribution in [-0.2, 0) is 0 Å². The van der Waals surface area contributed by atoms with E-state index in [1.54, 1.807) is 0 Å². The van der Waals surface area contributed by atoms with E-state index < -0.39 is 40.9 Å². The number of phenolic OH excluding ortho intramolecular Hbond substituents is 1. The maximum absolute atomic E-state index is 15.7. The number of nitrogens with one attached hydrogen (secondary N) is 2. The van der Waals surface area contributed by atoms with Gasteiger partial charge < -0.3 is 40.6 Å². The number of methoxy groups -OCH3 is 1. The Balaban J connectivity index is 1.85. The number of nitrogens with two attached hydrogens (primary N) is 2. The van der Waals surface area contributed by atoms with Crippen LogP contribution in [0.25, 0.3) is 0 Å². The quantitative estimate of drug-likeness (QED) is 0.115. The fourth-order valence-electron chi connectivity index (χ4n) is 3.41. The van der Waals surface area contributed by atoms with Crippen molar-refractivity contribution in [3.05, 3.63) is 89.0 Å². The summed E-state index contributed by atoms with van der Waals surface area (Å²) in [5.74, 6) is -8.97. The van der Waals surface area contributed by atoms with Crippen LogP contribution in [0.3, 0.4) is 0 Å². The number of amidine groups is 2. The maximum Gasteiger partial charge on any atom is 0.335 e. The molecule has 0 bridgehead atoms. The number of benzene rings is 3. The number of carbonyl (C=O) groups is 1. The van der Waals surface area contributed by atoms with Crippen molar-refractivity contribution in [3.63, 3.8) is 0 Å². The Kier molecular flexibility index (Phi) is 7.84. The topological polar surface area (TPSA) is 207 Å². The SMILES string of the molecule is COc1cc(C(=O)O)ccc1Oc1c(F)c(Oc2cccc(C(=N)N)c2)nc(Oc2cc(C(=N)N)ccc2O)c1F. The highest BCUT2D eigenvalue weighted by molar-refractivity contribution is 5.96. The van der Waals surface area contributed by atoms with Crippen LogP contribution in [0, 0.1) is 22.5 Å². The minimum Gasteiger partial charge on any atom is -0.504 e. The summed E-state index contributed by atoms with van der Waals surface area (Å²) in [4.78, 5) is 15.1. The van der Waals surface area contributed by atoms with Crippen LogP contribution >= 0.6 is 0 Å². The summed E-state index contributed by atoms with van der Waals surface area (Å²) < 4.78 is 52.9. The summed E-state index contributed by atoms with van der Waals surface area (Å²) in [6, 6.07) is 12.6. The molecule has 8 N–H and O–H groups in total. The summed E-state index contributed by atoms with van der Waals surface area (Å²) in [7, 11) is 1.20. The molecule has 41 heavy (non-hydrogen) atoms. The molecular weight excluding hydrogens is 544 g/mol. The molecule has 0 atom stereocenters. The highest BCUT2D eigenvalue weighted by Gasteiger charge is 2.27. The van der Waals surface area contributed by atoms with Crippen LogP contribution < -0.4 is 30.4 Å². The van der Waals surface area contributed by atoms with Gasteiger partial charge in [-0.15, -0.1) is 0 Å². The van der Waals surface area contributed by atoms with Crippen molar-refractivity contribution in [1.82, 2.24) is 4.98 Å². The third-order valence-electron chi connectivity index (χ3n) is 5.44. The number of nitrogen functional groups attached to an aromatic ring is 2. The summed E-state index contributed by atoms with van der Waals surface area (Å²) >= 11 is 0. The second kappa shape index (κ2) is 11.4. The van der Waals surface area contributed by atoms with E-state index in [2.05, 4.69) is 4.98 Å². The highest BCUT2D eigenvalue weighted by atomic mass is 19.1. The van der Waals surface area contributed by atoms with Crippen molar-refractivity contribution >= 4 is 17.6 Å². The molecule has 3 aromatic carbocycles. The number of rotatable bonds is 10. The zero-order chi connectivity index (χ0) is 29.8. The molecule has 0 unspecified atom stereocenters. The van der Waals surface area contributed by atoms with Crippen LogP contribution in [0.4, 0.5) is 8.78 Å². The predicted octanol–water partition coefficient (Wildman–Crippen LogP) is 4.72. The van der Waals surface area contributed by atoms with E-state index in [0.717, 1.165) is 30.3 Å². The van der Waals surface area contributed by atoms with Gasteiger partial charge in [0.25, 0.3) is 11.8 Å². The third kappa shape index (κ3) is 6.06. The molecule has 12 nitrogen and oxygen atoms in total. The lowest BCUT2D eigenvalue weighted by molar-refractivity contribution is 0.0696. The Hall–Kier alpha value is -5.92. The Labute approximate surface area is 230 Å². The average Bonchev–Trinajstić information content (AvgIpc) is 2.94. The molecule has 0 aliphatic heterocycles. The molecule has 1 aromatic heterocycles. The first-order chi connectivity index (χ1) is 19.5. The average molecular weight is 565 g/mol. The summed E-state index contributed by atoms with van der Waals surface area (Å²) in [5, 5.41) is 34.7.